The number of benzene rings is 1. The van der Waals surface area contributed by atoms with Crippen LogP contribution in [0.3, 0.4) is 0 Å². The Morgan fingerprint density at radius 2 is 1.75 bits per heavy atom. The first-order valence-electron chi connectivity index (χ1n) is 5.91. The Kier molecular flexibility index (Phi) is 3.72. The van der Waals surface area contributed by atoms with Crippen molar-refractivity contribution < 1.29 is 31.4 Å². The Hall–Kier alpha value is -1.28. The summed E-state index contributed by atoms with van der Waals surface area (Å²) < 4.78 is 64.5. The summed E-state index contributed by atoms with van der Waals surface area (Å²) in [6, 6.07) is 3.95. The minimum absolute atomic E-state index is 0.0400. The number of alkyl halides is 3. The molecule has 0 amide bonds. The van der Waals surface area contributed by atoms with E-state index >= 15 is 0 Å². The minimum Gasteiger partial charge on any atom is -0.491 e. The Morgan fingerprint density at radius 3 is 2.15 bits per heavy atom. The van der Waals surface area contributed by atoms with E-state index in [1.54, 1.807) is 0 Å². The van der Waals surface area contributed by atoms with Crippen LogP contribution < -0.4 is 4.74 Å². The summed E-state index contributed by atoms with van der Waals surface area (Å²) in [5, 5.41) is 9.79. The van der Waals surface area contributed by atoms with Gasteiger partial charge in [0.1, 0.15) is 12.4 Å². The molecule has 0 radical (unpaired) electrons. The van der Waals surface area contributed by atoms with Crippen LogP contribution in [-0.4, -0.2) is 31.2 Å². The van der Waals surface area contributed by atoms with Crippen molar-refractivity contribution in [3.63, 3.8) is 0 Å². The molecule has 1 fully saturated rings. The monoisotopic (exact) mass is 310 g/mol. The largest absolute Gasteiger partial charge is 0.501 e. The van der Waals surface area contributed by atoms with Gasteiger partial charge >= 0.3 is 5.51 Å². The fourth-order valence-corrected chi connectivity index (χ4v) is 2.56. The summed E-state index contributed by atoms with van der Waals surface area (Å²) in [5.74, 6) is 0.214. The molecule has 0 unspecified atom stereocenters. The first-order chi connectivity index (χ1) is 9.14. The number of aliphatic hydroxyl groups is 1. The van der Waals surface area contributed by atoms with Gasteiger partial charge in [0.05, 0.1) is 10.5 Å². The van der Waals surface area contributed by atoms with Crippen molar-refractivity contribution in [3.8, 4) is 5.75 Å². The third-order valence-corrected chi connectivity index (χ3v) is 4.73. The summed E-state index contributed by atoms with van der Waals surface area (Å²) in [5.41, 5.74) is -6.20. The molecule has 112 valence electrons. The Labute approximate surface area is 114 Å². The zero-order valence-corrected chi connectivity index (χ0v) is 11.2. The second-order valence-electron chi connectivity index (χ2n) is 4.79. The maximum atomic E-state index is 12.3. The Balaban J connectivity index is 2.07. The quantitative estimate of drug-likeness (QED) is 0.926. The van der Waals surface area contributed by atoms with Crippen molar-refractivity contribution in [2.45, 2.75) is 35.3 Å². The van der Waals surface area contributed by atoms with E-state index in [0.29, 0.717) is 12.8 Å². The maximum absolute atomic E-state index is 12.3. The van der Waals surface area contributed by atoms with Crippen molar-refractivity contribution in [1.82, 2.24) is 0 Å². The van der Waals surface area contributed by atoms with E-state index in [0.717, 1.165) is 30.7 Å². The number of rotatable bonds is 4. The lowest BCUT2D eigenvalue weighted by molar-refractivity contribution is -0.0663. The van der Waals surface area contributed by atoms with Gasteiger partial charge in [0.15, 0.2) is 0 Å². The lowest BCUT2D eigenvalue weighted by Gasteiger charge is -2.35. The number of hydrogen-bond donors (Lipinski definition) is 1. The second kappa shape index (κ2) is 4.92. The van der Waals surface area contributed by atoms with Crippen molar-refractivity contribution in [2.24, 2.45) is 0 Å². The van der Waals surface area contributed by atoms with Crippen molar-refractivity contribution in [1.29, 1.82) is 0 Å². The maximum Gasteiger partial charge on any atom is 0.501 e. The van der Waals surface area contributed by atoms with Crippen molar-refractivity contribution in [2.75, 3.05) is 6.61 Å². The molecule has 0 spiro atoms. The summed E-state index contributed by atoms with van der Waals surface area (Å²) in [6.07, 6.45) is 2.14. The molecule has 1 aliphatic rings. The second-order valence-corrected chi connectivity index (χ2v) is 6.73. The Bertz CT molecular complexity index is 574. The van der Waals surface area contributed by atoms with Crippen LogP contribution in [-0.2, 0) is 9.84 Å². The number of ether oxygens (including phenoxy) is 1. The molecule has 0 aromatic heterocycles. The van der Waals surface area contributed by atoms with Gasteiger partial charge in [0.2, 0.25) is 0 Å². The molecule has 0 heterocycles. The van der Waals surface area contributed by atoms with E-state index in [-0.39, 0.29) is 12.4 Å². The van der Waals surface area contributed by atoms with Gasteiger partial charge in [-0.2, -0.15) is 13.2 Å². The average molecular weight is 310 g/mol. The van der Waals surface area contributed by atoms with E-state index in [1.165, 1.54) is 0 Å². The fraction of sp³-hybridized carbons (Fsp3) is 0.500. The molecule has 0 bridgehead atoms. The van der Waals surface area contributed by atoms with Gasteiger partial charge in [0, 0.05) is 0 Å². The van der Waals surface area contributed by atoms with Gasteiger partial charge in [-0.3, -0.25) is 0 Å². The van der Waals surface area contributed by atoms with Gasteiger partial charge in [-0.1, -0.05) is 0 Å². The highest BCUT2D eigenvalue weighted by Crippen LogP contribution is 2.33. The number of sulfone groups is 1. The van der Waals surface area contributed by atoms with Crippen molar-refractivity contribution >= 4 is 9.84 Å². The molecule has 1 saturated carbocycles. The topological polar surface area (TPSA) is 63.6 Å². The molecule has 20 heavy (non-hydrogen) atoms. The third kappa shape index (κ3) is 2.90. The highest BCUT2D eigenvalue weighted by atomic mass is 32.2. The van der Waals surface area contributed by atoms with E-state index < -0.39 is 25.8 Å². The van der Waals surface area contributed by atoms with Crippen LogP contribution >= 0.6 is 0 Å². The highest BCUT2D eigenvalue weighted by Gasteiger charge is 2.46. The van der Waals surface area contributed by atoms with Crippen LogP contribution in [0.15, 0.2) is 29.2 Å². The average Bonchev–Trinajstić information content (AvgIpc) is 2.33. The summed E-state index contributed by atoms with van der Waals surface area (Å²) in [7, 11) is -5.33. The molecule has 2 rings (SSSR count). The van der Waals surface area contributed by atoms with E-state index in [2.05, 4.69) is 0 Å². The number of hydrogen-bond acceptors (Lipinski definition) is 4. The minimum atomic E-state index is -5.33. The van der Waals surface area contributed by atoms with E-state index in [1.807, 2.05) is 0 Å². The summed E-state index contributed by atoms with van der Waals surface area (Å²) >= 11 is 0. The first-order valence-corrected chi connectivity index (χ1v) is 7.39. The molecule has 1 aromatic carbocycles. The van der Waals surface area contributed by atoms with Crippen LogP contribution in [0.4, 0.5) is 13.2 Å². The zero-order valence-electron chi connectivity index (χ0n) is 10.4. The van der Waals surface area contributed by atoms with Crippen LogP contribution in [0.2, 0.25) is 0 Å². The summed E-state index contributed by atoms with van der Waals surface area (Å²) in [4.78, 5) is -0.834. The normalized spacial score (nSPS) is 18.4. The molecule has 1 aliphatic carbocycles. The highest BCUT2D eigenvalue weighted by molar-refractivity contribution is 7.92. The standard InChI is InChI=1S/C12H13F3O4S/c13-12(14,15)20(17,18)10-4-2-9(3-5-10)19-8-11(16)6-1-7-11/h2-5,16H,1,6-8H2. The molecule has 1 aromatic rings. The van der Waals surface area contributed by atoms with Gasteiger partial charge in [-0.25, -0.2) is 8.42 Å². The molecule has 1 N–H and O–H groups in total. The van der Waals surface area contributed by atoms with Crippen molar-refractivity contribution in [3.05, 3.63) is 24.3 Å². The zero-order chi connectivity index (χ0) is 15.0. The van der Waals surface area contributed by atoms with Crippen LogP contribution in [0.1, 0.15) is 19.3 Å². The molecular formula is C12H13F3O4S. The lowest BCUT2D eigenvalue weighted by Crippen LogP contribution is -2.42. The van der Waals surface area contributed by atoms with Gasteiger partial charge in [0.25, 0.3) is 9.84 Å². The molecule has 0 atom stereocenters. The smallest absolute Gasteiger partial charge is 0.491 e. The molecule has 0 aliphatic heterocycles. The van der Waals surface area contributed by atoms with E-state index in [4.69, 9.17) is 4.74 Å². The lowest BCUT2D eigenvalue weighted by atomic mass is 9.81. The number of halogens is 3. The van der Waals surface area contributed by atoms with Gasteiger partial charge < -0.3 is 9.84 Å². The first kappa shape index (κ1) is 15.1. The fourth-order valence-electron chi connectivity index (χ4n) is 1.80. The van der Waals surface area contributed by atoms with Crippen LogP contribution in [0, 0.1) is 0 Å². The van der Waals surface area contributed by atoms with Crippen LogP contribution in [0.5, 0.6) is 5.75 Å². The molecular weight excluding hydrogens is 297 g/mol. The van der Waals surface area contributed by atoms with Gasteiger partial charge in [-0.05, 0) is 43.5 Å². The van der Waals surface area contributed by atoms with Gasteiger partial charge in [-0.15, -0.1) is 0 Å². The SMILES string of the molecule is O=S(=O)(c1ccc(OCC2(O)CCC2)cc1)C(F)(F)F. The van der Waals surface area contributed by atoms with E-state index in [9.17, 15) is 26.7 Å². The molecule has 0 saturated heterocycles. The predicted octanol–water partition coefficient (Wildman–Crippen LogP) is 2.27. The predicted molar refractivity (Wildman–Crippen MR) is 64.0 cm³/mol. The third-order valence-electron chi connectivity index (χ3n) is 3.23. The summed E-state index contributed by atoms with van der Waals surface area (Å²) in [6.45, 7) is 0.0400. The Morgan fingerprint density at radius 1 is 1.20 bits per heavy atom. The molecule has 4 nitrogen and oxygen atoms in total. The van der Waals surface area contributed by atoms with Crippen LogP contribution in [0.25, 0.3) is 0 Å². The molecule has 8 heteroatoms.